The van der Waals surface area contributed by atoms with Gasteiger partial charge in [-0.3, -0.25) is 9.97 Å². The fourth-order valence-corrected chi connectivity index (χ4v) is 2.66. The van der Waals surface area contributed by atoms with E-state index in [1.165, 1.54) is 7.11 Å². The van der Waals surface area contributed by atoms with Crippen LogP contribution in [0.5, 0.6) is 0 Å². The Kier molecular flexibility index (Phi) is 4.75. The Labute approximate surface area is 146 Å². The third-order valence-electron chi connectivity index (χ3n) is 4.02. The highest BCUT2D eigenvalue weighted by atomic mass is 16.5. The van der Waals surface area contributed by atoms with Gasteiger partial charge < -0.3 is 10.1 Å². The average Bonchev–Trinajstić information content (AvgIpc) is 2.65. The van der Waals surface area contributed by atoms with Gasteiger partial charge in [-0.05, 0) is 37.6 Å². The number of aromatic nitrogens is 2. The van der Waals surface area contributed by atoms with Gasteiger partial charge in [-0.2, -0.15) is 0 Å². The standard InChI is InChI=1S/C20H19N3O2/c1-13-11-21-9-8-17(13)19(14(2)20(24)25-3)23-16-10-15-6-4-5-7-18(15)22-12-16/h4-12,23H,1-3H3/b19-14-. The lowest BCUT2D eigenvalue weighted by Gasteiger charge is -2.16. The summed E-state index contributed by atoms with van der Waals surface area (Å²) in [5.74, 6) is -0.382. The summed E-state index contributed by atoms with van der Waals surface area (Å²) in [5, 5.41) is 4.35. The Morgan fingerprint density at radius 3 is 2.72 bits per heavy atom. The number of pyridine rings is 2. The number of hydrogen-bond donors (Lipinski definition) is 1. The van der Waals surface area contributed by atoms with E-state index in [0.29, 0.717) is 11.3 Å². The van der Waals surface area contributed by atoms with Crippen LogP contribution in [0.4, 0.5) is 5.69 Å². The summed E-state index contributed by atoms with van der Waals surface area (Å²) in [6.45, 7) is 3.69. The molecular formula is C20H19N3O2. The summed E-state index contributed by atoms with van der Waals surface area (Å²) in [7, 11) is 1.38. The summed E-state index contributed by atoms with van der Waals surface area (Å²) in [6, 6.07) is 11.8. The molecule has 0 aliphatic rings. The maximum Gasteiger partial charge on any atom is 0.335 e. The van der Waals surface area contributed by atoms with E-state index in [0.717, 1.165) is 27.7 Å². The van der Waals surface area contributed by atoms with Crippen LogP contribution in [0.1, 0.15) is 18.1 Å². The van der Waals surface area contributed by atoms with Crippen molar-refractivity contribution in [2.45, 2.75) is 13.8 Å². The fraction of sp³-hybridized carbons (Fsp3) is 0.150. The van der Waals surface area contributed by atoms with Crippen molar-refractivity contribution < 1.29 is 9.53 Å². The van der Waals surface area contributed by atoms with Gasteiger partial charge in [0.1, 0.15) is 0 Å². The van der Waals surface area contributed by atoms with Crippen molar-refractivity contribution in [1.82, 2.24) is 9.97 Å². The van der Waals surface area contributed by atoms with Crippen molar-refractivity contribution >= 4 is 28.3 Å². The van der Waals surface area contributed by atoms with Gasteiger partial charge in [-0.1, -0.05) is 18.2 Å². The number of aryl methyl sites for hydroxylation is 1. The molecule has 0 saturated carbocycles. The quantitative estimate of drug-likeness (QED) is 0.578. The molecule has 2 heterocycles. The van der Waals surface area contributed by atoms with Crippen LogP contribution in [0.25, 0.3) is 16.6 Å². The number of anilines is 1. The SMILES string of the molecule is COC(=O)/C(C)=C(\Nc1cnc2ccccc2c1)c1ccncc1C. The van der Waals surface area contributed by atoms with Gasteiger partial charge >= 0.3 is 5.97 Å². The van der Waals surface area contributed by atoms with E-state index in [9.17, 15) is 4.79 Å². The number of carbonyl (C=O) groups is 1. The van der Waals surface area contributed by atoms with Gasteiger partial charge in [-0.15, -0.1) is 0 Å². The minimum atomic E-state index is -0.382. The lowest BCUT2D eigenvalue weighted by molar-refractivity contribution is -0.135. The largest absolute Gasteiger partial charge is 0.466 e. The van der Waals surface area contributed by atoms with Crippen molar-refractivity contribution in [2.75, 3.05) is 12.4 Å². The zero-order valence-electron chi connectivity index (χ0n) is 14.4. The number of benzene rings is 1. The molecule has 0 spiro atoms. The smallest absolute Gasteiger partial charge is 0.335 e. The molecule has 3 aromatic rings. The van der Waals surface area contributed by atoms with Crippen molar-refractivity contribution in [3.05, 3.63) is 71.7 Å². The van der Waals surface area contributed by atoms with E-state index in [-0.39, 0.29) is 5.97 Å². The van der Waals surface area contributed by atoms with Gasteiger partial charge in [0.25, 0.3) is 0 Å². The molecule has 0 saturated heterocycles. The van der Waals surface area contributed by atoms with Gasteiger partial charge in [0, 0.05) is 23.3 Å². The zero-order chi connectivity index (χ0) is 17.8. The summed E-state index contributed by atoms with van der Waals surface area (Å²) in [5.41, 5.74) is 4.75. The Hall–Kier alpha value is -3.21. The Balaban J connectivity index is 2.08. The molecular weight excluding hydrogens is 314 g/mol. The van der Waals surface area contributed by atoms with Crippen LogP contribution >= 0.6 is 0 Å². The van der Waals surface area contributed by atoms with Crippen LogP contribution < -0.4 is 5.32 Å². The van der Waals surface area contributed by atoms with E-state index >= 15 is 0 Å². The van der Waals surface area contributed by atoms with E-state index in [4.69, 9.17) is 4.74 Å². The molecule has 5 heteroatoms. The molecule has 126 valence electrons. The molecule has 0 aliphatic heterocycles. The highest BCUT2D eigenvalue weighted by Crippen LogP contribution is 2.26. The molecule has 5 nitrogen and oxygen atoms in total. The van der Waals surface area contributed by atoms with E-state index in [2.05, 4.69) is 15.3 Å². The van der Waals surface area contributed by atoms with Crippen LogP contribution in [-0.2, 0) is 9.53 Å². The van der Waals surface area contributed by atoms with E-state index in [1.54, 1.807) is 25.5 Å². The topological polar surface area (TPSA) is 64.1 Å². The number of nitrogens with one attached hydrogen (secondary N) is 1. The number of esters is 1. The maximum atomic E-state index is 12.1. The molecule has 25 heavy (non-hydrogen) atoms. The number of nitrogens with zero attached hydrogens (tertiary/aromatic N) is 2. The first-order valence-electron chi connectivity index (χ1n) is 7.92. The zero-order valence-corrected chi connectivity index (χ0v) is 14.4. The maximum absolute atomic E-state index is 12.1. The molecule has 0 unspecified atom stereocenters. The number of hydrogen-bond acceptors (Lipinski definition) is 5. The first-order chi connectivity index (χ1) is 12.1. The highest BCUT2D eigenvalue weighted by molar-refractivity contribution is 6.00. The Morgan fingerprint density at radius 2 is 1.96 bits per heavy atom. The summed E-state index contributed by atoms with van der Waals surface area (Å²) in [4.78, 5) is 20.7. The normalized spacial score (nSPS) is 11.8. The third-order valence-corrected chi connectivity index (χ3v) is 4.02. The molecule has 1 N–H and O–H groups in total. The Morgan fingerprint density at radius 1 is 1.16 bits per heavy atom. The highest BCUT2D eigenvalue weighted by Gasteiger charge is 2.15. The van der Waals surface area contributed by atoms with Gasteiger partial charge in [0.15, 0.2) is 0 Å². The summed E-state index contributed by atoms with van der Waals surface area (Å²) in [6.07, 6.45) is 5.22. The van der Waals surface area contributed by atoms with Crippen LogP contribution in [0.3, 0.4) is 0 Å². The van der Waals surface area contributed by atoms with Gasteiger partial charge in [-0.25, -0.2) is 4.79 Å². The van der Waals surface area contributed by atoms with Crippen LogP contribution in [0.2, 0.25) is 0 Å². The van der Waals surface area contributed by atoms with Crippen molar-refractivity contribution in [2.24, 2.45) is 0 Å². The number of fused-ring (bicyclic) bond motifs is 1. The number of methoxy groups -OCH3 is 1. The minimum absolute atomic E-state index is 0.382. The number of para-hydroxylation sites is 1. The molecule has 2 aromatic heterocycles. The predicted octanol–water partition coefficient (Wildman–Crippen LogP) is 3.95. The average molecular weight is 333 g/mol. The van der Waals surface area contributed by atoms with Crippen molar-refractivity contribution in [1.29, 1.82) is 0 Å². The van der Waals surface area contributed by atoms with Crippen LogP contribution in [0.15, 0.2) is 60.6 Å². The van der Waals surface area contributed by atoms with Crippen molar-refractivity contribution in [3.63, 3.8) is 0 Å². The second kappa shape index (κ2) is 7.13. The molecule has 0 amide bonds. The molecule has 0 aliphatic carbocycles. The molecule has 0 bridgehead atoms. The monoisotopic (exact) mass is 333 g/mol. The minimum Gasteiger partial charge on any atom is -0.466 e. The number of ether oxygens (including phenoxy) is 1. The van der Waals surface area contributed by atoms with Crippen LogP contribution in [-0.4, -0.2) is 23.0 Å². The number of carbonyl (C=O) groups excluding carboxylic acids is 1. The molecule has 0 fully saturated rings. The first-order valence-corrected chi connectivity index (χ1v) is 7.92. The van der Waals surface area contributed by atoms with E-state index in [1.807, 2.05) is 43.3 Å². The lowest BCUT2D eigenvalue weighted by atomic mass is 10.0. The van der Waals surface area contributed by atoms with Gasteiger partial charge in [0.2, 0.25) is 0 Å². The second-order valence-electron chi connectivity index (χ2n) is 5.72. The number of rotatable bonds is 4. The Bertz CT molecular complexity index is 964. The molecule has 0 atom stereocenters. The fourth-order valence-electron chi connectivity index (χ4n) is 2.66. The molecule has 3 rings (SSSR count). The van der Waals surface area contributed by atoms with Gasteiger partial charge in [0.05, 0.1) is 35.8 Å². The molecule has 1 aromatic carbocycles. The molecule has 0 radical (unpaired) electrons. The van der Waals surface area contributed by atoms with Crippen LogP contribution in [0, 0.1) is 6.92 Å². The second-order valence-corrected chi connectivity index (χ2v) is 5.72. The summed E-state index contributed by atoms with van der Waals surface area (Å²) >= 11 is 0. The van der Waals surface area contributed by atoms with E-state index < -0.39 is 0 Å². The third kappa shape index (κ3) is 3.50. The summed E-state index contributed by atoms with van der Waals surface area (Å²) < 4.78 is 4.89. The predicted molar refractivity (Wildman–Crippen MR) is 98.9 cm³/mol. The lowest BCUT2D eigenvalue weighted by Crippen LogP contribution is -2.11. The van der Waals surface area contributed by atoms with Crippen molar-refractivity contribution in [3.8, 4) is 0 Å². The first kappa shape index (κ1) is 16.6.